The quantitative estimate of drug-likeness (QED) is 0.581. The Morgan fingerprint density at radius 3 is 2.92 bits per heavy atom. The minimum atomic E-state index is -0.287. The van der Waals surface area contributed by atoms with Gasteiger partial charge in [-0.25, -0.2) is 4.79 Å². The molecule has 0 unspecified atom stereocenters. The fourth-order valence-corrected chi connectivity index (χ4v) is 4.29. The molecule has 0 bridgehead atoms. The Balaban J connectivity index is 1.76. The van der Waals surface area contributed by atoms with Crippen LogP contribution in [0.2, 0.25) is 0 Å². The topological polar surface area (TPSA) is 38.3 Å². The number of nitrogens with one attached hydrogen (secondary N) is 1. The van der Waals surface area contributed by atoms with Crippen LogP contribution in [0.5, 0.6) is 0 Å². The molecule has 0 aromatic heterocycles. The molecule has 1 N–H and O–H groups in total. The molecule has 1 aliphatic carbocycles. The second-order valence-corrected chi connectivity index (χ2v) is 7.24. The molecular weight excluding hydrogens is 366 g/mol. The average Bonchev–Trinajstić information content (AvgIpc) is 3.10. The molecule has 1 heterocycles. The van der Waals surface area contributed by atoms with Crippen LogP contribution in [0.3, 0.4) is 0 Å². The Morgan fingerprint density at radius 2 is 2.12 bits per heavy atom. The van der Waals surface area contributed by atoms with Crippen LogP contribution in [-0.2, 0) is 4.74 Å². The number of anilines is 1. The van der Waals surface area contributed by atoms with Gasteiger partial charge in [0.1, 0.15) is 0 Å². The molecule has 3 atom stereocenters. The Hall–Kier alpha value is -2.07. The molecule has 0 saturated heterocycles. The van der Waals surface area contributed by atoms with E-state index in [1.165, 1.54) is 18.2 Å². The number of rotatable bonds is 2. The van der Waals surface area contributed by atoms with Gasteiger partial charge < -0.3 is 10.1 Å². The van der Waals surface area contributed by atoms with Crippen molar-refractivity contribution in [3.63, 3.8) is 0 Å². The largest absolute Gasteiger partial charge is 0.465 e. The fraction of sp³-hybridized carbons (Fsp3) is 0.250. The van der Waals surface area contributed by atoms with Gasteiger partial charge in [-0.2, -0.15) is 0 Å². The molecule has 0 fully saturated rings. The van der Waals surface area contributed by atoms with Crippen molar-refractivity contribution in [2.75, 3.05) is 12.4 Å². The van der Waals surface area contributed by atoms with E-state index in [4.69, 9.17) is 4.74 Å². The van der Waals surface area contributed by atoms with Crippen molar-refractivity contribution in [2.24, 2.45) is 5.92 Å². The average molecular weight is 384 g/mol. The summed E-state index contributed by atoms with van der Waals surface area (Å²) >= 11 is 3.57. The summed E-state index contributed by atoms with van der Waals surface area (Å²) in [6.07, 6.45) is 5.56. The van der Waals surface area contributed by atoms with Crippen molar-refractivity contribution >= 4 is 27.6 Å². The van der Waals surface area contributed by atoms with Gasteiger partial charge in [0.2, 0.25) is 0 Å². The number of fused-ring (bicyclic) bond motifs is 3. The van der Waals surface area contributed by atoms with E-state index in [-0.39, 0.29) is 12.0 Å². The molecule has 1 aliphatic heterocycles. The van der Waals surface area contributed by atoms with E-state index in [1.807, 2.05) is 24.3 Å². The Bertz CT molecular complexity index is 830. The summed E-state index contributed by atoms with van der Waals surface area (Å²) in [6.45, 7) is 0. The number of esters is 1. The molecule has 3 nitrogen and oxygen atoms in total. The van der Waals surface area contributed by atoms with E-state index < -0.39 is 0 Å². The molecular formula is C20H18BrNO2. The lowest BCUT2D eigenvalue weighted by Gasteiger charge is -2.37. The SMILES string of the molecule is COC(=O)c1ccc2c(c1)[C@H]1C=CC[C@@H]1[C@H](c1cccc(Br)c1)N2. The van der Waals surface area contributed by atoms with Crippen molar-refractivity contribution in [3.8, 4) is 0 Å². The van der Waals surface area contributed by atoms with Crippen LogP contribution in [0.15, 0.2) is 59.1 Å². The van der Waals surface area contributed by atoms with E-state index in [9.17, 15) is 4.79 Å². The number of carbonyl (C=O) groups excluding carboxylic acids is 1. The summed E-state index contributed by atoms with van der Waals surface area (Å²) in [5.74, 6) is 0.500. The Morgan fingerprint density at radius 1 is 1.25 bits per heavy atom. The lowest BCUT2D eigenvalue weighted by molar-refractivity contribution is 0.0600. The zero-order valence-corrected chi connectivity index (χ0v) is 14.9. The minimum absolute atomic E-state index is 0.263. The number of hydrogen-bond acceptors (Lipinski definition) is 3. The first-order chi connectivity index (χ1) is 11.7. The zero-order valence-electron chi connectivity index (χ0n) is 13.3. The summed E-state index contributed by atoms with van der Waals surface area (Å²) in [4.78, 5) is 11.8. The summed E-state index contributed by atoms with van der Waals surface area (Å²) < 4.78 is 5.95. The molecule has 0 radical (unpaired) electrons. The second kappa shape index (κ2) is 6.10. The molecule has 2 aromatic rings. The first-order valence-electron chi connectivity index (χ1n) is 8.08. The molecule has 2 aromatic carbocycles. The van der Waals surface area contributed by atoms with Crippen LogP contribution in [-0.4, -0.2) is 13.1 Å². The van der Waals surface area contributed by atoms with Crippen LogP contribution in [0.25, 0.3) is 0 Å². The highest BCUT2D eigenvalue weighted by Gasteiger charge is 2.38. The van der Waals surface area contributed by atoms with E-state index in [0.717, 1.165) is 16.6 Å². The van der Waals surface area contributed by atoms with Gasteiger partial charge in [0.15, 0.2) is 0 Å². The number of allylic oxidation sites excluding steroid dienone is 2. The van der Waals surface area contributed by atoms with Crippen LogP contribution in [0.1, 0.15) is 39.9 Å². The van der Waals surface area contributed by atoms with Gasteiger partial charge in [0.25, 0.3) is 0 Å². The van der Waals surface area contributed by atoms with Crippen LogP contribution < -0.4 is 5.32 Å². The number of carbonyl (C=O) groups is 1. The van der Waals surface area contributed by atoms with Gasteiger partial charge in [-0.3, -0.25) is 0 Å². The number of methoxy groups -OCH3 is 1. The number of hydrogen-bond donors (Lipinski definition) is 1. The van der Waals surface area contributed by atoms with Crippen molar-refractivity contribution in [2.45, 2.75) is 18.4 Å². The monoisotopic (exact) mass is 383 g/mol. The van der Waals surface area contributed by atoms with E-state index in [2.05, 4.69) is 51.6 Å². The molecule has 0 amide bonds. The summed E-state index contributed by atoms with van der Waals surface area (Å²) in [5.41, 5.74) is 4.17. The first kappa shape index (κ1) is 15.5. The molecule has 4 rings (SSSR count). The van der Waals surface area contributed by atoms with Gasteiger partial charge in [-0.05, 0) is 53.8 Å². The normalized spacial score (nSPS) is 24.0. The number of halogens is 1. The highest BCUT2D eigenvalue weighted by atomic mass is 79.9. The van der Waals surface area contributed by atoms with E-state index in [0.29, 0.717) is 17.4 Å². The van der Waals surface area contributed by atoms with Crippen molar-refractivity contribution in [1.82, 2.24) is 0 Å². The highest BCUT2D eigenvalue weighted by molar-refractivity contribution is 9.10. The van der Waals surface area contributed by atoms with E-state index >= 15 is 0 Å². The molecule has 0 saturated carbocycles. The lowest BCUT2D eigenvalue weighted by atomic mass is 9.76. The van der Waals surface area contributed by atoms with Gasteiger partial charge in [0.05, 0.1) is 18.7 Å². The third-order valence-electron chi connectivity index (χ3n) is 4.99. The molecule has 122 valence electrons. The van der Waals surface area contributed by atoms with Crippen molar-refractivity contribution in [3.05, 3.63) is 75.8 Å². The van der Waals surface area contributed by atoms with Gasteiger partial charge in [-0.1, -0.05) is 40.2 Å². The predicted octanol–water partition coefficient (Wildman–Crippen LogP) is 5.06. The zero-order chi connectivity index (χ0) is 16.7. The predicted molar refractivity (Wildman–Crippen MR) is 98.3 cm³/mol. The maximum atomic E-state index is 11.8. The second-order valence-electron chi connectivity index (χ2n) is 6.32. The third kappa shape index (κ3) is 2.55. The van der Waals surface area contributed by atoms with E-state index in [1.54, 1.807) is 0 Å². The maximum absolute atomic E-state index is 11.8. The third-order valence-corrected chi connectivity index (χ3v) is 5.48. The molecule has 24 heavy (non-hydrogen) atoms. The van der Waals surface area contributed by atoms with Crippen LogP contribution >= 0.6 is 15.9 Å². The van der Waals surface area contributed by atoms with Crippen LogP contribution in [0.4, 0.5) is 5.69 Å². The van der Waals surface area contributed by atoms with Gasteiger partial charge in [-0.15, -0.1) is 0 Å². The smallest absolute Gasteiger partial charge is 0.337 e. The number of ether oxygens (including phenoxy) is 1. The molecule has 4 heteroatoms. The summed E-state index contributed by atoms with van der Waals surface area (Å²) in [6, 6.07) is 14.5. The Kier molecular flexibility index (Phi) is 3.93. The van der Waals surface area contributed by atoms with Crippen LogP contribution in [0, 0.1) is 5.92 Å². The van der Waals surface area contributed by atoms with Crippen molar-refractivity contribution < 1.29 is 9.53 Å². The fourth-order valence-electron chi connectivity index (χ4n) is 3.87. The lowest BCUT2D eigenvalue weighted by Crippen LogP contribution is -2.29. The highest BCUT2D eigenvalue weighted by Crippen LogP contribution is 2.50. The summed E-state index contributed by atoms with van der Waals surface area (Å²) in [5, 5.41) is 3.68. The maximum Gasteiger partial charge on any atom is 0.337 e. The Labute approximate surface area is 149 Å². The van der Waals surface area contributed by atoms with Gasteiger partial charge >= 0.3 is 5.97 Å². The number of benzene rings is 2. The molecule has 2 aliphatic rings. The van der Waals surface area contributed by atoms with Crippen molar-refractivity contribution in [1.29, 1.82) is 0 Å². The summed E-state index contributed by atoms with van der Waals surface area (Å²) in [7, 11) is 1.42. The minimum Gasteiger partial charge on any atom is -0.465 e. The first-order valence-corrected chi connectivity index (χ1v) is 8.87. The molecule has 0 spiro atoms. The van der Waals surface area contributed by atoms with Gasteiger partial charge in [0, 0.05) is 16.1 Å². The standard InChI is InChI=1S/C20H18BrNO2/c1-24-20(23)13-8-9-18-17(11-13)15-6-3-7-16(15)19(22-18)12-4-2-5-14(21)10-12/h2-6,8-11,15-16,19,22H,7H2,1H3/t15-,16-,19-/m0/s1.